The Kier molecular flexibility index (Phi) is 8.76. The van der Waals surface area contributed by atoms with Gasteiger partial charge in [0.25, 0.3) is 0 Å². The molecule has 0 amide bonds. The van der Waals surface area contributed by atoms with E-state index in [0.29, 0.717) is 18.8 Å². The van der Waals surface area contributed by atoms with Crippen LogP contribution in [0.15, 0.2) is 36.4 Å². The minimum atomic E-state index is -0.388. The van der Waals surface area contributed by atoms with Gasteiger partial charge in [-0.05, 0) is 59.6 Å². The van der Waals surface area contributed by atoms with Gasteiger partial charge in [-0.25, -0.2) is 4.79 Å². The molecule has 0 unspecified atom stereocenters. The number of phenols is 1. The molecule has 0 aromatic heterocycles. The second-order valence-electron chi connectivity index (χ2n) is 10.5. The first-order valence-electron chi connectivity index (χ1n) is 11.9. The number of ether oxygens (including phenoxy) is 2. The molecule has 2 aromatic rings. The van der Waals surface area contributed by atoms with Crippen LogP contribution in [-0.4, -0.2) is 24.3 Å². The smallest absolute Gasteiger partial charge is 0.330 e. The fourth-order valence-electron chi connectivity index (χ4n) is 3.52. The first-order valence-corrected chi connectivity index (χ1v) is 11.9. The third-order valence-corrected chi connectivity index (χ3v) is 5.52. The van der Waals surface area contributed by atoms with Crippen LogP contribution in [0.2, 0.25) is 0 Å². The summed E-state index contributed by atoms with van der Waals surface area (Å²) in [6.45, 7) is 18.0. The minimum absolute atomic E-state index is 0.0757. The molecule has 2 aromatic carbocycles. The quantitative estimate of drug-likeness (QED) is 0.257. The Bertz CT molecular complexity index is 988. The highest BCUT2D eigenvalue weighted by Gasteiger charge is 2.27. The van der Waals surface area contributed by atoms with Crippen molar-refractivity contribution in [2.24, 2.45) is 0 Å². The molecule has 0 fully saturated rings. The van der Waals surface area contributed by atoms with Gasteiger partial charge in [0.1, 0.15) is 11.5 Å². The molecule has 2 rings (SSSR count). The number of unbranched alkanes of at least 4 members (excludes halogenated alkanes) is 1. The summed E-state index contributed by atoms with van der Waals surface area (Å²) in [6, 6.07) is 9.71. The molecule has 0 saturated heterocycles. The van der Waals surface area contributed by atoms with Crippen molar-refractivity contribution in [3.05, 3.63) is 53.1 Å². The standard InChI is InChI=1S/C29H40O4/c1-9-11-16-33-27-23(18-21(28(3,4)5)19-24(27)29(6,7)8)22-17-20(12-14-25(22)30)13-15-26(31)32-10-2/h12-15,17-19,30H,9-11,16H2,1-8H3. The van der Waals surface area contributed by atoms with Gasteiger partial charge in [-0.2, -0.15) is 0 Å². The SMILES string of the molecule is CCCCOc1c(-c2cc(C=CC(=O)OCC)ccc2O)cc(C(C)(C)C)cc1C(C)(C)C. The van der Waals surface area contributed by atoms with Crippen molar-refractivity contribution >= 4 is 12.0 Å². The van der Waals surface area contributed by atoms with Crippen LogP contribution in [0, 0.1) is 0 Å². The van der Waals surface area contributed by atoms with Crippen molar-refractivity contribution in [2.75, 3.05) is 13.2 Å². The summed E-state index contributed by atoms with van der Waals surface area (Å²) in [5.41, 5.74) is 4.43. The second kappa shape index (κ2) is 10.9. The molecule has 33 heavy (non-hydrogen) atoms. The molecule has 0 heterocycles. The number of benzene rings is 2. The number of rotatable bonds is 8. The van der Waals surface area contributed by atoms with E-state index < -0.39 is 0 Å². The number of hydrogen-bond donors (Lipinski definition) is 1. The lowest BCUT2D eigenvalue weighted by Crippen LogP contribution is -2.19. The maximum absolute atomic E-state index is 11.8. The predicted octanol–water partition coefficient (Wildman–Crippen LogP) is 7.41. The number of phenolic OH excluding ortho intramolecular Hbond substituents is 1. The van der Waals surface area contributed by atoms with Crippen LogP contribution in [0.3, 0.4) is 0 Å². The van der Waals surface area contributed by atoms with Gasteiger partial charge in [0.2, 0.25) is 0 Å². The largest absolute Gasteiger partial charge is 0.507 e. The number of hydrogen-bond acceptors (Lipinski definition) is 4. The lowest BCUT2D eigenvalue weighted by Gasteiger charge is -2.29. The van der Waals surface area contributed by atoms with Gasteiger partial charge in [-0.1, -0.05) is 67.0 Å². The Morgan fingerprint density at radius 1 is 0.970 bits per heavy atom. The van der Waals surface area contributed by atoms with Gasteiger partial charge < -0.3 is 14.6 Å². The predicted molar refractivity (Wildman–Crippen MR) is 137 cm³/mol. The number of aromatic hydroxyl groups is 1. The zero-order chi connectivity index (χ0) is 24.8. The van der Waals surface area contributed by atoms with Crippen molar-refractivity contribution < 1.29 is 19.4 Å². The van der Waals surface area contributed by atoms with E-state index in [4.69, 9.17) is 9.47 Å². The van der Waals surface area contributed by atoms with Crippen molar-refractivity contribution in [3.8, 4) is 22.6 Å². The molecular weight excluding hydrogens is 412 g/mol. The zero-order valence-electron chi connectivity index (χ0n) is 21.5. The summed E-state index contributed by atoms with van der Waals surface area (Å²) in [6.07, 6.45) is 5.11. The molecule has 0 spiro atoms. The maximum atomic E-state index is 11.8. The van der Waals surface area contributed by atoms with Gasteiger partial charge in [0.05, 0.1) is 13.2 Å². The molecule has 180 valence electrons. The summed E-state index contributed by atoms with van der Waals surface area (Å²) in [4.78, 5) is 11.8. The molecule has 0 atom stereocenters. The molecule has 4 heteroatoms. The minimum Gasteiger partial charge on any atom is -0.507 e. The van der Waals surface area contributed by atoms with Gasteiger partial charge in [-0.3, -0.25) is 0 Å². The Balaban J connectivity index is 2.75. The highest BCUT2D eigenvalue weighted by molar-refractivity contribution is 5.88. The molecule has 4 nitrogen and oxygen atoms in total. The van der Waals surface area contributed by atoms with Crippen LogP contribution in [0.5, 0.6) is 11.5 Å². The summed E-state index contributed by atoms with van der Waals surface area (Å²) in [7, 11) is 0. The first-order chi connectivity index (χ1) is 15.4. The number of esters is 1. The van der Waals surface area contributed by atoms with Gasteiger partial charge >= 0.3 is 5.97 Å². The molecule has 0 saturated carbocycles. The Hall–Kier alpha value is -2.75. The van der Waals surface area contributed by atoms with E-state index in [1.807, 2.05) is 6.07 Å². The maximum Gasteiger partial charge on any atom is 0.330 e. The molecular formula is C29H40O4. The van der Waals surface area contributed by atoms with E-state index in [2.05, 4.69) is 60.6 Å². The van der Waals surface area contributed by atoms with Crippen molar-refractivity contribution in [2.45, 2.75) is 79.1 Å². The average molecular weight is 453 g/mol. The number of carbonyl (C=O) groups is 1. The normalized spacial score (nSPS) is 12.2. The molecule has 0 aliphatic rings. The Morgan fingerprint density at radius 2 is 1.67 bits per heavy atom. The zero-order valence-corrected chi connectivity index (χ0v) is 21.5. The Morgan fingerprint density at radius 3 is 2.24 bits per heavy atom. The van der Waals surface area contributed by atoms with Crippen LogP contribution >= 0.6 is 0 Å². The van der Waals surface area contributed by atoms with Crippen molar-refractivity contribution in [1.29, 1.82) is 0 Å². The van der Waals surface area contributed by atoms with E-state index in [1.165, 1.54) is 11.6 Å². The summed E-state index contributed by atoms with van der Waals surface area (Å²) in [5, 5.41) is 10.9. The third kappa shape index (κ3) is 7.12. The highest BCUT2D eigenvalue weighted by atomic mass is 16.5. The highest BCUT2D eigenvalue weighted by Crippen LogP contribution is 2.45. The first kappa shape index (κ1) is 26.5. The Labute approximate surface area is 199 Å². The van der Waals surface area contributed by atoms with Crippen LogP contribution in [0.4, 0.5) is 0 Å². The summed E-state index contributed by atoms with van der Waals surface area (Å²) >= 11 is 0. The fraction of sp³-hybridized carbons (Fsp3) is 0.483. The van der Waals surface area contributed by atoms with Gasteiger partial charge in [-0.15, -0.1) is 0 Å². The van der Waals surface area contributed by atoms with Crippen LogP contribution in [0.1, 0.15) is 84.9 Å². The van der Waals surface area contributed by atoms with Crippen molar-refractivity contribution in [3.63, 3.8) is 0 Å². The summed E-state index contributed by atoms with van der Waals surface area (Å²) < 4.78 is 11.4. The third-order valence-electron chi connectivity index (χ3n) is 5.52. The van der Waals surface area contributed by atoms with E-state index >= 15 is 0 Å². The molecule has 1 N–H and O–H groups in total. The molecule has 0 aliphatic carbocycles. The van der Waals surface area contributed by atoms with Gasteiger partial charge in [0, 0.05) is 22.8 Å². The topological polar surface area (TPSA) is 55.8 Å². The van der Waals surface area contributed by atoms with E-state index in [0.717, 1.165) is 35.3 Å². The fourth-order valence-corrected chi connectivity index (χ4v) is 3.52. The monoisotopic (exact) mass is 452 g/mol. The van der Waals surface area contributed by atoms with Gasteiger partial charge in [0.15, 0.2) is 0 Å². The second-order valence-corrected chi connectivity index (χ2v) is 10.5. The lowest BCUT2D eigenvalue weighted by molar-refractivity contribution is -0.137. The van der Waals surface area contributed by atoms with E-state index in [1.54, 1.807) is 25.1 Å². The van der Waals surface area contributed by atoms with Crippen LogP contribution < -0.4 is 4.74 Å². The molecule has 0 radical (unpaired) electrons. The number of carbonyl (C=O) groups excluding carboxylic acids is 1. The van der Waals surface area contributed by atoms with E-state index in [-0.39, 0.29) is 22.5 Å². The van der Waals surface area contributed by atoms with E-state index in [9.17, 15) is 9.90 Å². The van der Waals surface area contributed by atoms with Crippen LogP contribution in [0.25, 0.3) is 17.2 Å². The molecule has 0 aliphatic heterocycles. The lowest BCUT2D eigenvalue weighted by atomic mass is 9.78. The van der Waals surface area contributed by atoms with Crippen molar-refractivity contribution in [1.82, 2.24) is 0 Å². The average Bonchev–Trinajstić information content (AvgIpc) is 2.72. The summed E-state index contributed by atoms with van der Waals surface area (Å²) in [5.74, 6) is 0.598. The molecule has 0 bridgehead atoms. The van der Waals surface area contributed by atoms with Crippen LogP contribution in [-0.2, 0) is 20.4 Å².